The van der Waals surface area contributed by atoms with Gasteiger partial charge in [-0.1, -0.05) is 30.0 Å². The van der Waals surface area contributed by atoms with Crippen LogP contribution in [-0.2, 0) is 0 Å². The highest BCUT2D eigenvalue weighted by molar-refractivity contribution is 7.99. The van der Waals surface area contributed by atoms with Crippen molar-refractivity contribution in [3.8, 4) is 0 Å². The lowest BCUT2D eigenvalue weighted by Crippen LogP contribution is -2.42. The second-order valence-electron chi connectivity index (χ2n) is 6.55. The summed E-state index contributed by atoms with van der Waals surface area (Å²) in [5, 5.41) is 9.50. The molecule has 0 amide bonds. The molecule has 1 aliphatic rings. The molecule has 1 aliphatic heterocycles. The van der Waals surface area contributed by atoms with Gasteiger partial charge in [0.05, 0.1) is 16.7 Å². The standard InChI is InChI=1S/C19H18N4OS/c1-12-8-9-14(10-13(12)2)21-22-19(3)11-25-18-20-15-6-4-5-7-16(15)23(18)17(19)24/h4-10H,11H2,1-3H3. The molecule has 0 saturated carbocycles. The fourth-order valence-electron chi connectivity index (χ4n) is 2.83. The van der Waals surface area contributed by atoms with E-state index in [9.17, 15) is 4.79 Å². The molecular formula is C19H18N4OS. The van der Waals surface area contributed by atoms with Gasteiger partial charge >= 0.3 is 0 Å². The molecule has 4 rings (SSSR count). The van der Waals surface area contributed by atoms with Crippen LogP contribution in [-0.4, -0.2) is 26.8 Å². The van der Waals surface area contributed by atoms with Crippen LogP contribution in [0.1, 0.15) is 22.8 Å². The number of nitrogens with zero attached hydrogens (tertiary/aromatic N) is 4. The summed E-state index contributed by atoms with van der Waals surface area (Å²) in [5.41, 5.74) is 3.89. The topological polar surface area (TPSA) is 59.6 Å². The number of azo groups is 1. The van der Waals surface area contributed by atoms with Gasteiger partial charge in [0.1, 0.15) is 0 Å². The molecular weight excluding hydrogens is 332 g/mol. The fraction of sp³-hybridized carbons (Fsp3) is 0.263. The van der Waals surface area contributed by atoms with Crippen LogP contribution < -0.4 is 0 Å². The van der Waals surface area contributed by atoms with Crippen molar-refractivity contribution in [2.45, 2.75) is 31.5 Å². The maximum atomic E-state index is 13.1. The highest BCUT2D eigenvalue weighted by Gasteiger charge is 2.41. The number of hydrogen-bond acceptors (Lipinski definition) is 5. The minimum absolute atomic E-state index is 0.0810. The van der Waals surface area contributed by atoms with Gasteiger partial charge in [-0.2, -0.15) is 10.2 Å². The summed E-state index contributed by atoms with van der Waals surface area (Å²) < 4.78 is 1.67. The van der Waals surface area contributed by atoms with E-state index in [1.807, 2.05) is 56.3 Å². The number of para-hydroxylation sites is 2. The highest BCUT2D eigenvalue weighted by atomic mass is 32.2. The number of thioether (sulfide) groups is 1. The van der Waals surface area contributed by atoms with Crippen molar-refractivity contribution >= 4 is 34.4 Å². The quantitative estimate of drug-likeness (QED) is 0.615. The predicted molar refractivity (Wildman–Crippen MR) is 99.9 cm³/mol. The Morgan fingerprint density at radius 3 is 2.76 bits per heavy atom. The van der Waals surface area contributed by atoms with Gasteiger partial charge in [0.25, 0.3) is 5.91 Å². The van der Waals surface area contributed by atoms with Crippen LogP contribution in [0.3, 0.4) is 0 Å². The molecule has 0 saturated heterocycles. The van der Waals surface area contributed by atoms with Gasteiger partial charge in [-0.3, -0.25) is 9.36 Å². The van der Waals surface area contributed by atoms with Crippen molar-refractivity contribution in [3.63, 3.8) is 0 Å². The molecule has 1 unspecified atom stereocenters. The minimum Gasteiger partial charge on any atom is -0.271 e. The minimum atomic E-state index is -0.903. The van der Waals surface area contributed by atoms with Gasteiger partial charge in [0, 0.05) is 5.75 Å². The third-order valence-corrected chi connectivity index (χ3v) is 5.79. The zero-order valence-corrected chi connectivity index (χ0v) is 15.2. The van der Waals surface area contributed by atoms with Crippen LogP contribution in [0.4, 0.5) is 5.69 Å². The number of imidazole rings is 1. The number of aryl methyl sites for hydroxylation is 2. The smallest absolute Gasteiger partial charge is 0.263 e. The second-order valence-corrected chi connectivity index (χ2v) is 7.50. The lowest BCUT2D eigenvalue weighted by atomic mass is 10.1. The van der Waals surface area contributed by atoms with Gasteiger partial charge in [-0.15, -0.1) is 0 Å². The van der Waals surface area contributed by atoms with Crippen LogP contribution in [0.2, 0.25) is 0 Å². The van der Waals surface area contributed by atoms with E-state index in [0.717, 1.165) is 27.4 Å². The molecule has 0 N–H and O–H groups in total. The van der Waals surface area contributed by atoms with Crippen molar-refractivity contribution in [3.05, 3.63) is 53.6 Å². The van der Waals surface area contributed by atoms with Crippen LogP contribution in [0.15, 0.2) is 57.8 Å². The Bertz CT molecular complexity index is 1020. The molecule has 25 heavy (non-hydrogen) atoms. The average molecular weight is 350 g/mol. The molecule has 2 aromatic carbocycles. The van der Waals surface area contributed by atoms with Gasteiger partial charge in [0.15, 0.2) is 10.7 Å². The van der Waals surface area contributed by atoms with E-state index in [0.29, 0.717) is 5.75 Å². The van der Waals surface area contributed by atoms with Crippen LogP contribution in [0, 0.1) is 13.8 Å². The van der Waals surface area contributed by atoms with Gasteiger partial charge < -0.3 is 0 Å². The summed E-state index contributed by atoms with van der Waals surface area (Å²) in [6.07, 6.45) is 0. The van der Waals surface area contributed by atoms with Crippen molar-refractivity contribution < 1.29 is 4.79 Å². The van der Waals surface area contributed by atoms with Gasteiger partial charge in [-0.05, 0) is 56.2 Å². The summed E-state index contributed by atoms with van der Waals surface area (Å²) >= 11 is 1.54. The zero-order chi connectivity index (χ0) is 17.6. The maximum Gasteiger partial charge on any atom is 0.263 e. The summed E-state index contributed by atoms with van der Waals surface area (Å²) in [4.78, 5) is 17.7. The Labute approximate surface area is 150 Å². The lowest BCUT2D eigenvalue weighted by Gasteiger charge is -2.27. The number of benzene rings is 2. The fourth-order valence-corrected chi connectivity index (χ4v) is 3.90. The number of hydrogen-bond donors (Lipinski definition) is 0. The third kappa shape index (κ3) is 2.66. The lowest BCUT2D eigenvalue weighted by molar-refractivity contribution is 0.0816. The average Bonchev–Trinajstić information content (AvgIpc) is 2.99. The van der Waals surface area contributed by atoms with E-state index in [1.54, 1.807) is 16.3 Å². The number of fused-ring (bicyclic) bond motifs is 3. The first-order chi connectivity index (χ1) is 12.0. The van der Waals surface area contributed by atoms with E-state index in [4.69, 9.17) is 0 Å². The van der Waals surface area contributed by atoms with E-state index in [-0.39, 0.29) is 5.91 Å². The van der Waals surface area contributed by atoms with Gasteiger partial charge in [0.2, 0.25) is 0 Å². The Balaban J connectivity index is 1.72. The summed E-state index contributed by atoms with van der Waals surface area (Å²) in [6.45, 7) is 5.94. The number of aromatic nitrogens is 2. The Morgan fingerprint density at radius 1 is 1.16 bits per heavy atom. The Hall–Kier alpha value is -2.47. The summed E-state index contributed by atoms with van der Waals surface area (Å²) in [7, 11) is 0. The highest BCUT2D eigenvalue weighted by Crippen LogP contribution is 2.36. The molecule has 0 bridgehead atoms. The molecule has 3 aromatic rings. The first-order valence-electron chi connectivity index (χ1n) is 8.13. The first-order valence-corrected chi connectivity index (χ1v) is 9.12. The molecule has 2 heterocycles. The molecule has 0 radical (unpaired) electrons. The molecule has 0 aliphatic carbocycles. The Morgan fingerprint density at radius 2 is 1.96 bits per heavy atom. The SMILES string of the molecule is Cc1ccc(N=NC2(C)CSc3nc4ccccc4n3C2=O)cc1C. The predicted octanol–water partition coefficient (Wildman–Crippen LogP) is 4.94. The largest absolute Gasteiger partial charge is 0.271 e. The van der Waals surface area contributed by atoms with Crippen LogP contribution >= 0.6 is 11.8 Å². The van der Waals surface area contributed by atoms with Gasteiger partial charge in [-0.25, -0.2) is 4.98 Å². The molecule has 1 atom stereocenters. The molecule has 6 heteroatoms. The normalized spacial score (nSPS) is 20.4. The summed E-state index contributed by atoms with van der Waals surface area (Å²) in [5.74, 6) is 0.450. The molecule has 0 spiro atoms. The van der Waals surface area contributed by atoms with E-state index >= 15 is 0 Å². The van der Waals surface area contributed by atoms with Crippen LogP contribution in [0.5, 0.6) is 0 Å². The van der Waals surface area contributed by atoms with Crippen LogP contribution in [0.25, 0.3) is 11.0 Å². The van der Waals surface area contributed by atoms with Crippen molar-refractivity contribution in [1.29, 1.82) is 0 Å². The molecule has 0 fully saturated rings. The van der Waals surface area contributed by atoms with E-state index in [2.05, 4.69) is 22.1 Å². The monoisotopic (exact) mass is 350 g/mol. The third-order valence-electron chi connectivity index (χ3n) is 4.55. The van der Waals surface area contributed by atoms with Crippen molar-refractivity contribution in [1.82, 2.24) is 9.55 Å². The van der Waals surface area contributed by atoms with Crippen molar-refractivity contribution in [2.75, 3.05) is 5.75 Å². The number of carbonyl (C=O) groups is 1. The zero-order valence-electron chi connectivity index (χ0n) is 14.4. The second kappa shape index (κ2) is 5.81. The van der Waals surface area contributed by atoms with E-state index < -0.39 is 5.54 Å². The number of carbonyl (C=O) groups excluding carboxylic acids is 1. The van der Waals surface area contributed by atoms with Crippen molar-refractivity contribution in [2.24, 2.45) is 10.2 Å². The molecule has 126 valence electrons. The number of rotatable bonds is 2. The van der Waals surface area contributed by atoms with E-state index in [1.165, 1.54) is 5.56 Å². The molecule has 1 aromatic heterocycles. The maximum absolute atomic E-state index is 13.1. The summed E-state index contributed by atoms with van der Waals surface area (Å²) in [6, 6.07) is 13.6. The first kappa shape index (κ1) is 16.0. The Kier molecular flexibility index (Phi) is 3.72. The molecule has 5 nitrogen and oxygen atoms in total.